The van der Waals surface area contributed by atoms with E-state index in [1.165, 1.54) is 23.9 Å². The zero-order chi connectivity index (χ0) is 20.6. The predicted octanol–water partition coefficient (Wildman–Crippen LogP) is 2.85. The van der Waals surface area contributed by atoms with E-state index in [0.29, 0.717) is 11.4 Å². The van der Waals surface area contributed by atoms with Gasteiger partial charge in [0.05, 0.1) is 22.6 Å². The molecule has 1 aromatic carbocycles. The molecule has 0 aliphatic carbocycles. The monoisotopic (exact) mass is 391 g/mol. The summed E-state index contributed by atoms with van der Waals surface area (Å²) in [5, 5.41) is 10.5. The van der Waals surface area contributed by atoms with Crippen LogP contribution in [0, 0.1) is 13.8 Å². The highest BCUT2D eigenvalue weighted by Crippen LogP contribution is 2.33. The second kappa shape index (κ2) is 6.95. The summed E-state index contributed by atoms with van der Waals surface area (Å²) < 4.78 is 41.9. The summed E-state index contributed by atoms with van der Waals surface area (Å²) >= 11 is 0. The molecule has 0 unspecified atom stereocenters. The highest BCUT2D eigenvalue weighted by molar-refractivity contribution is 6.03. The van der Waals surface area contributed by atoms with Crippen molar-refractivity contribution in [3.05, 3.63) is 69.4 Å². The molecule has 2 heterocycles. The molecular weight excluding hydrogens is 375 g/mol. The number of rotatable bonds is 3. The van der Waals surface area contributed by atoms with Crippen LogP contribution in [0.5, 0.6) is 0 Å². The van der Waals surface area contributed by atoms with Gasteiger partial charge in [-0.15, -0.1) is 0 Å². The molecule has 0 fully saturated rings. The minimum atomic E-state index is -4.58. The number of carbonyl (C=O) groups is 1. The van der Waals surface area contributed by atoms with Gasteiger partial charge in [0.2, 0.25) is 0 Å². The Hall–Kier alpha value is -3.43. The molecule has 146 valence electrons. The molecule has 1 amide bonds. The summed E-state index contributed by atoms with van der Waals surface area (Å²) in [5.74, 6) is -0.752. The first-order chi connectivity index (χ1) is 13.1. The first-order valence-corrected chi connectivity index (χ1v) is 8.17. The lowest BCUT2D eigenvalue weighted by Crippen LogP contribution is -2.24. The normalized spacial score (nSPS) is 11.5. The number of hydrogen-bond donors (Lipinski definition) is 1. The quantitative estimate of drug-likeness (QED) is 0.744. The second-order valence-corrected chi connectivity index (χ2v) is 6.20. The van der Waals surface area contributed by atoms with Crippen LogP contribution in [-0.2, 0) is 13.2 Å². The van der Waals surface area contributed by atoms with Crippen LogP contribution in [0.15, 0.2) is 41.2 Å². The number of alkyl halides is 3. The maximum Gasteiger partial charge on any atom is 0.416 e. The van der Waals surface area contributed by atoms with Crippen molar-refractivity contribution in [3.63, 3.8) is 0 Å². The maximum absolute atomic E-state index is 13.2. The van der Waals surface area contributed by atoms with Crippen molar-refractivity contribution >= 4 is 11.6 Å². The number of amides is 1. The van der Waals surface area contributed by atoms with Crippen LogP contribution in [0.3, 0.4) is 0 Å². The lowest BCUT2D eigenvalue weighted by atomic mass is 10.1. The molecule has 28 heavy (non-hydrogen) atoms. The van der Waals surface area contributed by atoms with E-state index in [1.807, 2.05) is 0 Å². The first-order valence-electron chi connectivity index (χ1n) is 8.17. The summed E-state index contributed by atoms with van der Waals surface area (Å²) in [4.78, 5) is 23.9. The molecule has 0 saturated carbocycles. The smallest absolute Gasteiger partial charge is 0.319 e. The molecule has 0 aliphatic heterocycles. The number of aromatic nitrogens is 4. The topological polar surface area (TPSA) is 81.8 Å². The van der Waals surface area contributed by atoms with Crippen LogP contribution >= 0.6 is 0 Å². The molecule has 7 nitrogen and oxygen atoms in total. The summed E-state index contributed by atoms with van der Waals surface area (Å²) in [6.45, 7) is 3.50. The van der Waals surface area contributed by atoms with Crippen molar-refractivity contribution in [2.75, 3.05) is 5.32 Å². The Balaban J connectivity index is 2.08. The third-order valence-corrected chi connectivity index (χ3v) is 4.00. The van der Waals surface area contributed by atoms with Crippen molar-refractivity contribution < 1.29 is 18.0 Å². The van der Waals surface area contributed by atoms with Crippen molar-refractivity contribution in [3.8, 4) is 5.69 Å². The molecule has 10 heteroatoms. The third-order valence-electron chi connectivity index (χ3n) is 4.00. The van der Waals surface area contributed by atoms with E-state index >= 15 is 0 Å². The Morgan fingerprint density at radius 1 is 1.07 bits per heavy atom. The summed E-state index contributed by atoms with van der Waals surface area (Å²) in [7, 11) is 1.37. The SMILES string of the molecule is Cc1cc(C)n(-c2ccc(C(F)(F)F)cc2NC(=O)c2ccc(=O)n(C)n2)n1. The number of hydrogen-bond acceptors (Lipinski definition) is 4. The fourth-order valence-corrected chi connectivity index (χ4v) is 2.68. The van der Waals surface area contributed by atoms with E-state index in [0.717, 1.165) is 22.9 Å². The lowest BCUT2D eigenvalue weighted by molar-refractivity contribution is -0.137. The average Bonchev–Trinajstić information content (AvgIpc) is 2.94. The molecule has 1 N–H and O–H groups in total. The van der Waals surface area contributed by atoms with Crippen LogP contribution in [0.4, 0.5) is 18.9 Å². The molecule has 0 atom stereocenters. The average molecular weight is 391 g/mol. The molecular formula is C18H16F3N5O2. The van der Waals surface area contributed by atoms with Gasteiger partial charge in [0, 0.05) is 18.8 Å². The number of nitrogens with zero attached hydrogens (tertiary/aromatic N) is 4. The van der Waals surface area contributed by atoms with Gasteiger partial charge in [-0.25, -0.2) is 9.36 Å². The summed E-state index contributed by atoms with van der Waals surface area (Å²) in [5.41, 5.74) is 0.111. The molecule has 0 saturated heterocycles. The molecule has 0 radical (unpaired) electrons. The van der Waals surface area contributed by atoms with Gasteiger partial charge in [0.25, 0.3) is 11.5 Å². The molecule has 0 spiro atoms. The van der Waals surface area contributed by atoms with E-state index in [4.69, 9.17) is 0 Å². The van der Waals surface area contributed by atoms with Crippen LogP contribution in [0.1, 0.15) is 27.4 Å². The Kier molecular flexibility index (Phi) is 4.80. The van der Waals surface area contributed by atoms with Crippen LogP contribution in [0.2, 0.25) is 0 Å². The minimum absolute atomic E-state index is 0.0818. The molecule has 0 aliphatic rings. The van der Waals surface area contributed by atoms with Crippen molar-refractivity contribution in [1.29, 1.82) is 0 Å². The number of aryl methyl sites for hydroxylation is 3. The van der Waals surface area contributed by atoms with Gasteiger partial charge in [0.15, 0.2) is 0 Å². The molecule has 3 aromatic rings. The van der Waals surface area contributed by atoms with Crippen LogP contribution < -0.4 is 10.9 Å². The fraction of sp³-hybridized carbons (Fsp3) is 0.222. The predicted molar refractivity (Wildman–Crippen MR) is 95.5 cm³/mol. The van der Waals surface area contributed by atoms with E-state index in [2.05, 4.69) is 15.5 Å². The Labute approximate surface area is 157 Å². The lowest BCUT2D eigenvalue weighted by Gasteiger charge is -2.15. The minimum Gasteiger partial charge on any atom is -0.319 e. The van der Waals surface area contributed by atoms with Crippen molar-refractivity contribution in [1.82, 2.24) is 19.6 Å². The van der Waals surface area contributed by atoms with Gasteiger partial charge in [0.1, 0.15) is 5.69 Å². The number of halogens is 3. The van der Waals surface area contributed by atoms with E-state index < -0.39 is 23.2 Å². The van der Waals surface area contributed by atoms with Gasteiger partial charge in [-0.2, -0.15) is 23.4 Å². The molecule has 0 bridgehead atoms. The maximum atomic E-state index is 13.2. The Morgan fingerprint density at radius 3 is 2.36 bits per heavy atom. The summed E-state index contributed by atoms with van der Waals surface area (Å²) in [6.07, 6.45) is -4.58. The van der Waals surface area contributed by atoms with Crippen LogP contribution in [-0.4, -0.2) is 25.5 Å². The summed E-state index contributed by atoms with van der Waals surface area (Å²) in [6, 6.07) is 7.12. The second-order valence-electron chi connectivity index (χ2n) is 6.20. The number of benzene rings is 1. The largest absolute Gasteiger partial charge is 0.416 e. The van der Waals surface area contributed by atoms with Crippen molar-refractivity contribution in [2.45, 2.75) is 20.0 Å². The van der Waals surface area contributed by atoms with Crippen LogP contribution in [0.25, 0.3) is 5.69 Å². The standard InChI is InChI=1S/C18H16F3N5O2/c1-10-8-11(2)26(23-10)15-6-4-12(18(19,20)21)9-14(15)22-17(28)13-5-7-16(27)25(3)24-13/h4-9H,1-3H3,(H,22,28). The zero-order valence-electron chi connectivity index (χ0n) is 15.2. The number of carbonyl (C=O) groups excluding carboxylic acids is 1. The molecule has 2 aromatic heterocycles. The fourth-order valence-electron chi connectivity index (χ4n) is 2.68. The Bertz CT molecular complexity index is 1120. The van der Waals surface area contributed by atoms with E-state index in [9.17, 15) is 22.8 Å². The van der Waals surface area contributed by atoms with Gasteiger partial charge in [-0.3, -0.25) is 9.59 Å². The van der Waals surface area contributed by atoms with Gasteiger partial charge >= 0.3 is 6.18 Å². The van der Waals surface area contributed by atoms with E-state index in [1.54, 1.807) is 19.9 Å². The zero-order valence-corrected chi connectivity index (χ0v) is 15.2. The first kappa shape index (κ1) is 19.3. The number of nitrogens with one attached hydrogen (secondary N) is 1. The number of anilines is 1. The molecule has 3 rings (SSSR count). The van der Waals surface area contributed by atoms with E-state index in [-0.39, 0.29) is 17.1 Å². The van der Waals surface area contributed by atoms with Gasteiger partial charge in [-0.05, 0) is 44.2 Å². The highest BCUT2D eigenvalue weighted by Gasteiger charge is 2.31. The van der Waals surface area contributed by atoms with Gasteiger partial charge < -0.3 is 5.32 Å². The highest BCUT2D eigenvalue weighted by atomic mass is 19.4. The van der Waals surface area contributed by atoms with Gasteiger partial charge in [-0.1, -0.05) is 0 Å². The Morgan fingerprint density at radius 2 is 1.79 bits per heavy atom. The van der Waals surface area contributed by atoms with Crippen molar-refractivity contribution in [2.24, 2.45) is 7.05 Å². The third kappa shape index (κ3) is 3.80.